The van der Waals surface area contributed by atoms with Crippen LogP contribution in [0.4, 0.5) is 32.2 Å². The number of aromatic nitrogens is 1. The van der Waals surface area contributed by atoms with Crippen molar-refractivity contribution >= 4 is 23.1 Å². The molecule has 3 aromatic rings. The van der Waals surface area contributed by atoms with Gasteiger partial charge in [-0.2, -0.15) is 41.6 Å². The fraction of sp³-hybridized carbons (Fsp3) is 0.231. The van der Waals surface area contributed by atoms with Crippen molar-refractivity contribution < 1.29 is 41.4 Å². The van der Waals surface area contributed by atoms with Gasteiger partial charge in [0.15, 0.2) is 5.82 Å². The van der Waals surface area contributed by atoms with Gasteiger partial charge in [0, 0.05) is 6.20 Å². The van der Waals surface area contributed by atoms with Crippen LogP contribution in [-0.2, 0) is 0 Å². The number of amides is 1. The monoisotopic (exact) mass is 563 g/mol. The molecule has 0 aliphatic carbocycles. The normalized spacial score (nSPS) is 23.3. The molecule has 2 atom stereocenters. The Balaban J connectivity index is 1.49. The number of rotatable bonds is 4. The molecule has 1 amide bonds. The summed E-state index contributed by atoms with van der Waals surface area (Å²) in [6.07, 6.45) is -11.7. The molecule has 1 aromatic heterocycles. The number of halogens is 6. The fourth-order valence-electron chi connectivity index (χ4n) is 4.33. The summed E-state index contributed by atoms with van der Waals surface area (Å²) in [5, 5.41) is 28.9. The van der Waals surface area contributed by atoms with Gasteiger partial charge >= 0.3 is 12.4 Å². The second kappa shape index (κ2) is 9.41. The highest BCUT2D eigenvalue weighted by atomic mass is 19.4. The van der Waals surface area contributed by atoms with Crippen LogP contribution in [0, 0.1) is 0 Å². The Morgan fingerprint density at radius 3 is 1.70 bits per heavy atom. The van der Waals surface area contributed by atoms with Gasteiger partial charge in [-0.1, -0.05) is 60.7 Å². The molecule has 2 N–H and O–H groups in total. The van der Waals surface area contributed by atoms with Crippen LogP contribution in [0.25, 0.3) is 0 Å². The van der Waals surface area contributed by atoms with E-state index in [9.17, 15) is 41.4 Å². The third-order valence-corrected chi connectivity index (χ3v) is 6.50. The molecular formula is C26H19F6N5O3. The Morgan fingerprint density at radius 2 is 1.23 bits per heavy atom. The van der Waals surface area contributed by atoms with Crippen LogP contribution in [0.15, 0.2) is 89.2 Å². The van der Waals surface area contributed by atoms with E-state index in [1.807, 2.05) is 0 Å². The molecule has 2 aliphatic rings. The molecule has 0 fully saturated rings. The summed E-state index contributed by atoms with van der Waals surface area (Å²) in [7, 11) is 0. The van der Waals surface area contributed by atoms with E-state index < -0.39 is 53.9 Å². The van der Waals surface area contributed by atoms with Crippen molar-refractivity contribution in [3.8, 4) is 0 Å². The van der Waals surface area contributed by atoms with Crippen LogP contribution in [0.2, 0.25) is 0 Å². The minimum atomic E-state index is -5.29. The molecule has 0 spiro atoms. The maximum atomic E-state index is 14.0. The lowest BCUT2D eigenvalue weighted by molar-refractivity contribution is -0.297. The zero-order chi connectivity index (χ0) is 28.9. The van der Waals surface area contributed by atoms with Gasteiger partial charge in [0.05, 0.1) is 29.8 Å². The smallest absolute Gasteiger partial charge is 0.362 e. The number of hydrogen-bond donors (Lipinski definition) is 2. The Hall–Kier alpha value is -4.30. The van der Waals surface area contributed by atoms with Crippen LogP contribution >= 0.6 is 0 Å². The molecule has 14 heteroatoms. The van der Waals surface area contributed by atoms with Crippen LogP contribution in [0.5, 0.6) is 0 Å². The number of pyridine rings is 1. The summed E-state index contributed by atoms with van der Waals surface area (Å²) in [4.78, 5) is 16.9. The van der Waals surface area contributed by atoms with Crippen molar-refractivity contribution in [2.75, 3.05) is 5.01 Å². The van der Waals surface area contributed by atoms with Gasteiger partial charge in [-0.3, -0.25) is 4.79 Å². The van der Waals surface area contributed by atoms with E-state index in [-0.39, 0.29) is 27.0 Å². The van der Waals surface area contributed by atoms with Gasteiger partial charge in [0.1, 0.15) is 0 Å². The van der Waals surface area contributed by atoms with Crippen molar-refractivity contribution in [2.24, 2.45) is 10.2 Å². The second-order valence-electron chi connectivity index (χ2n) is 9.14. The summed E-state index contributed by atoms with van der Waals surface area (Å²) >= 11 is 0. The number of benzene rings is 2. The first-order valence-electron chi connectivity index (χ1n) is 11.7. The van der Waals surface area contributed by atoms with E-state index in [1.165, 1.54) is 24.3 Å². The molecule has 208 valence electrons. The lowest BCUT2D eigenvalue weighted by Crippen LogP contribution is -2.56. The summed E-state index contributed by atoms with van der Waals surface area (Å²) in [5.74, 6) is -1.92. The van der Waals surface area contributed by atoms with Crippen LogP contribution < -0.4 is 5.01 Å². The summed E-state index contributed by atoms with van der Waals surface area (Å²) < 4.78 is 83.6. The largest absolute Gasteiger partial charge is 0.438 e. The van der Waals surface area contributed by atoms with Crippen molar-refractivity contribution in [3.05, 3.63) is 95.7 Å². The van der Waals surface area contributed by atoms with E-state index in [2.05, 4.69) is 15.2 Å². The summed E-state index contributed by atoms with van der Waals surface area (Å²) in [6.45, 7) is 0. The second-order valence-corrected chi connectivity index (χ2v) is 9.14. The molecule has 0 radical (unpaired) electrons. The highest BCUT2D eigenvalue weighted by molar-refractivity contribution is 6.05. The van der Waals surface area contributed by atoms with Gasteiger partial charge in [-0.15, -0.1) is 0 Å². The number of hydrogen-bond acceptors (Lipinski definition) is 7. The molecule has 40 heavy (non-hydrogen) atoms. The van der Waals surface area contributed by atoms with Crippen LogP contribution in [-0.4, -0.2) is 61.3 Å². The predicted octanol–water partition coefficient (Wildman–Crippen LogP) is 4.45. The third-order valence-electron chi connectivity index (χ3n) is 6.50. The number of aliphatic hydroxyl groups is 2. The van der Waals surface area contributed by atoms with Gasteiger partial charge < -0.3 is 10.2 Å². The first kappa shape index (κ1) is 27.3. The molecular weight excluding hydrogens is 544 g/mol. The number of carbonyl (C=O) groups is 1. The Bertz CT molecular complexity index is 1480. The molecule has 8 nitrogen and oxygen atoms in total. The minimum Gasteiger partial charge on any atom is -0.362 e. The van der Waals surface area contributed by atoms with E-state index in [1.54, 1.807) is 36.4 Å². The summed E-state index contributed by atoms with van der Waals surface area (Å²) in [5.41, 5.74) is -7.36. The molecule has 0 saturated heterocycles. The number of nitrogens with zero attached hydrogens (tertiary/aromatic N) is 5. The van der Waals surface area contributed by atoms with Crippen molar-refractivity contribution in [1.29, 1.82) is 0 Å². The molecule has 3 heterocycles. The van der Waals surface area contributed by atoms with Crippen LogP contribution in [0.3, 0.4) is 0 Å². The van der Waals surface area contributed by atoms with E-state index in [4.69, 9.17) is 0 Å². The SMILES string of the molecule is O=C(c1ccc(N2N=C(c3ccccc3)CC2(O)C(F)(F)F)nc1)N1N=C(c2ccccc2)CC1(O)C(F)(F)F. The Morgan fingerprint density at radius 1 is 0.725 bits per heavy atom. The topological polar surface area (TPSA) is 102 Å². The quantitative estimate of drug-likeness (QED) is 0.457. The zero-order valence-electron chi connectivity index (χ0n) is 20.2. The average molecular weight is 563 g/mol. The molecule has 2 aliphatic heterocycles. The maximum absolute atomic E-state index is 14.0. The van der Waals surface area contributed by atoms with E-state index in [0.29, 0.717) is 5.56 Å². The Labute approximate surface area is 222 Å². The molecule has 5 rings (SSSR count). The van der Waals surface area contributed by atoms with E-state index in [0.717, 1.165) is 18.3 Å². The Kier molecular flexibility index (Phi) is 6.42. The van der Waals surface area contributed by atoms with Crippen molar-refractivity contribution in [3.63, 3.8) is 0 Å². The maximum Gasteiger partial charge on any atom is 0.438 e. The fourth-order valence-corrected chi connectivity index (χ4v) is 4.33. The predicted molar refractivity (Wildman–Crippen MR) is 130 cm³/mol. The minimum absolute atomic E-state index is 0.0857. The standard InChI is InChI=1S/C26H19F6N5O3/c27-25(28,29)23(39)13-19(16-7-3-1-4-8-16)34-36(23)21-12-11-18(15-33-21)22(38)37-24(40,26(30,31)32)14-20(35-37)17-9-5-2-6-10-17/h1-12,15,39-40H,13-14H2. The van der Waals surface area contributed by atoms with Gasteiger partial charge in [0.25, 0.3) is 17.4 Å². The zero-order valence-corrected chi connectivity index (χ0v) is 20.2. The highest BCUT2D eigenvalue weighted by Gasteiger charge is 2.64. The number of carbonyl (C=O) groups excluding carboxylic acids is 1. The number of anilines is 1. The molecule has 2 unspecified atom stereocenters. The lowest BCUT2D eigenvalue weighted by Gasteiger charge is -2.33. The third kappa shape index (κ3) is 4.48. The first-order valence-corrected chi connectivity index (χ1v) is 11.7. The van der Waals surface area contributed by atoms with Crippen LogP contribution in [0.1, 0.15) is 34.3 Å². The average Bonchev–Trinajstić information content (AvgIpc) is 3.48. The highest BCUT2D eigenvalue weighted by Crippen LogP contribution is 2.44. The van der Waals surface area contributed by atoms with E-state index >= 15 is 0 Å². The summed E-state index contributed by atoms with van der Waals surface area (Å²) in [6, 6.07) is 17.3. The van der Waals surface area contributed by atoms with Gasteiger partial charge in [-0.05, 0) is 23.3 Å². The number of hydrazone groups is 2. The van der Waals surface area contributed by atoms with Gasteiger partial charge in [-0.25, -0.2) is 9.99 Å². The first-order chi connectivity index (χ1) is 18.7. The molecule has 0 saturated carbocycles. The number of alkyl halides is 6. The van der Waals surface area contributed by atoms with Crippen molar-refractivity contribution in [2.45, 2.75) is 36.6 Å². The lowest BCUT2D eigenvalue weighted by atomic mass is 10.0. The molecule has 0 bridgehead atoms. The molecule has 2 aromatic carbocycles. The van der Waals surface area contributed by atoms with Gasteiger partial charge in [0.2, 0.25) is 0 Å². The van der Waals surface area contributed by atoms with Crippen molar-refractivity contribution in [1.82, 2.24) is 9.99 Å².